The van der Waals surface area contributed by atoms with Gasteiger partial charge in [0, 0.05) is 12.0 Å². The summed E-state index contributed by atoms with van der Waals surface area (Å²) in [5.74, 6) is -3.02. The Bertz CT molecular complexity index is 447. The number of aromatic hydroxyl groups is 1. The summed E-state index contributed by atoms with van der Waals surface area (Å²) in [6, 6.07) is 2.31. The van der Waals surface area contributed by atoms with Crippen LogP contribution in [0.15, 0.2) is 12.1 Å². The van der Waals surface area contributed by atoms with Gasteiger partial charge in [0.05, 0.1) is 0 Å². The van der Waals surface area contributed by atoms with Crippen molar-refractivity contribution in [2.45, 2.75) is 25.6 Å². The third kappa shape index (κ3) is 2.71. The molecule has 0 saturated carbocycles. The van der Waals surface area contributed by atoms with Crippen molar-refractivity contribution in [2.75, 3.05) is 0 Å². The number of carbonyl (C=O) groups is 1. The first-order valence-electron chi connectivity index (χ1n) is 4.87. The molecule has 1 aromatic rings. The number of alkyl halides is 1. The molecule has 0 aliphatic carbocycles. The molecule has 0 aliphatic heterocycles. The van der Waals surface area contributed by atoms with Gasteiger partial charge in [-0.15, -0.1) is 0 Å². The molecule has 0 fully saturated rings. The normalized spacial score (nSPS) is 14.4. The van der Waals surface area contributed by atoms with E-state index in [2.05, 4.69) is 0 Å². The Morgan fingerprint density at radius 1 is 1.53 bits per heavy atom. The number of carboxylic acid groups (broad SMARTS) is 1. The van der Waals surface area contributed by atoms with Gasteiger partial charge in [0.2, 0.25) is 0 Å². The number of rotatable bonds is 4. The van der Waals surface area contributed by atoms with Crippen LogP contribution >= 0.6 is 0 Å². The SMILES string of the molecule is C[C@](N)(Cc1ccc(O)c(F)c1CF)C(=O)O. The molecule has 0 radical (unpaired) electrons. The molecule has 94 valence electrons. The maximum atomic E-state index is 13.4. The highest BCUT2D eigenvalue weighted by Crippen LogP contribution is 2.26. The average Bonchev–Trinajstić information content (AvgIpc) is 2.23. The van der Waals surface area contributed by atoms with Gasteiger partial charge in [-0.05, 0) is 18.6 Å². The van der Waals surface area contributed by atoms with Crippen LogP contribution in [0.3, 0.4) is 0 Å². The minimum absolute atomic E-state index is 0.134. The maximum Gasteiger partial charge on any atom is 0.323 e. The molecule has 0 heterocycles. The summed E-state index contributed by atoms with van der Waals surface area (Å²) in [5.41, 5.74) is 3.65. The summed E-state index contributed by atoms with van der Waals surface area (Å²) in [6.07, 6.45) is -0.223. The zero-order chi connectivity index (χ0) is 13.2. The Morgan fingerprint density at radius 2 is 2.12 bits per heavy atom. The molecule has 4 nitrogen and oxygen atoms in total. The van der Waals surface area contributed by atoms with E-state index in [1.807, 2.05) is 0 Å². The van der Waals surface area contributed by atoms with Crippen molar-refractivity contribution in [3.05, 3.63) is 29.1 Å². The predicted molar refractivity (Wildman–Crippen MR) is 56.8 cm³/mol. The summed E-state index contributed by atoms with van der Waals surface area (Å²) < 4.78 is 26.0. The summed E-state index contributed by atoms with van der Waals surface area (Å²) in [6.45, 7) is 0.118. The zero-order valence-electron chi connectivity index (χ0n) is 9.20. The molecule has 1 rings (SSSR count). The van der Waals surface area contributed by atoms with Crippen molar-refractivity contribution in [3.8, 4) is 5.75 Å². The van der Waals surface area contributed by atoms with Crippen LogP contribution in [-0.2, 0) is 17.9 Å². The van der Waals surface area contributed by atoms with Gasteiger partial charge in [-0.2, -0.15) is 0 Å². The average molecular weight is 245 g/mol. The number of aliphatic carboxylic acids is 1. The minimum atomic E-state index is -1.62. The highest BCUT2D eigenvalue weighted by atomic mass is 19.1. The third-order valence-electron chi connectivity index (χ3n) is 2.50. The number of halogens is 2. The fourth-order valence-electron chi connectivity index (χ4n) is 1.43. The number of hydrogen-bond donors (Lipinski definition) is 3. The first-order valence-corrected chi connectivity index (χ1v) is 4.87. The lowest BCUT2D eigenvalue weighted by Gasteiger charge is -2.20. The molecule has 0 aromatic heterocycles. The van der Waals surface area contributed by atoms with E-state index in [4.69, 9.17) is 15.9 Å². The van der Waals surface area contributed by atoms with Crippen molar-refractivity contribution in [1.29, 1.82) is 0 Å². The van der Waals surface area contributed by atoms with Crippen LogP contribution in [0, 0.1) is 5.82 Å². The standard InChI is InChI=1S/C11H13F2NO3/c1-11(14,10(16)17)4-6-2-3-8(15)9(13)7(6)5-12/h2-3,15H,4-5,14H2,1H3,(H,16,17)/t11-/m0/s1. The minimum Gasteiger partial charge on any atom is -0.505 e. The second kappa shape index (κ2) is 4.67. The molecule has 0 bridgehead atoms. The van der Waals surface area contributed by atoms with E-state index in [9.17, 15) is 13.6 Å². The molecule has 4 N–H and O–H groups in total. The zero-order valence-corrected chi connectivity index (χ0v) is 9.20. The van der Waals surface area contributed by atoms with E-state index in [0.717, 1.165) is 6.07 Å². The summed E-state index contributed by atoms with van der Waals surface area (Å²) in [4.78, 5) is 10.8. The number of hydrogen-bond acceptors (Lipinski definition) is 3. The molecule has 0 saturated heterocycles. The van der Waals surface area contributed by atoms with Gasteiger partial charge < -0.3 is 15.9 Å². The van der Waals surface area contributed by atoms with Crippen LogP contribution in [0.25, 0.3) is 0 Å². The van der Waals surface area contributed by atoms with Crippen molar-refractivity contribution >= 4 is 5.97 Å². The van der Waals surface area contributed by atoms with Crippen molar-refractivity contribution in [1.82, 2.24) is 0 Å². The van der Waals surface area contributed by atoms with Gasteiger partial charge in [0.15, 0.2) is 11.6 Å². The topological polar surface area (TPSA) is 83.5 Å². The second-order valence-corrected chi connectivity index (χ2v) is 4.07. The van der Waals surface area contributed by atoms with Crippen molar-refractivity contribution < 1.29 is 23.8 Å². The summed E-state index contributed by atoms with van der Waals surface area (Å²) >= 11 is 0. The smallest absolute Gasteiger partial charge is 0.323 e. The number of nitrogens with two attached hydrogens (primary N) is 1. The molecule has 0 spiro atoms. The Hall–Kier alpha value is -1.69. The Kier molecular flexibility index (Phi) is 3.67. The fourth-order valence-corrected chi connectivity index (χ4v) is 1.43. The number of phenols is 1. The van der Waals surface area contributed by atoms with E-state index in [1.165, 1.54) is 13.0 Å². The molecule has 17 heavy (non-hydrogen) atoms. The van der Waals surface area contributed by atoms with E-state index in [-0.39, 0.29) is 17.5 Å². The van der Waals surface area contributed by atoms with Crippen LogP contribution in [0.1, 0.15) is 18.1 Å². The Labute approximate surface area is 96.7 Å². The van der Waals surface area contributed by atoms with Gasteiger partial charge in [-0.1, -0.05) is 6.07 Å². The number of benzene rings is 1. The lowest BCUT2D eigenvalue weighted by molar-refractivity contribution is -0.142. The molecule has 0 aliphatic rings. The first kappa shape index (κ1) is 13.4. The first-order chi connectivity index (χ1) is 7.79. The Balaban J connectivity index is 3.16. The maximum absolute atomic E-state index is 13.4. The van der Waals surface area contributed by atoms with Crippen molar-refractivity contribution in [2.24, 2.45) is 5.73 Å². The third-order valence-corrected chi connectivity index (χ3v) is 2.50. The Morgan fingerprint density at radius 3 is 2.59 bits per heavy atom. The largest absolute Gasteiger partial charge is 0.505 e. The van der Waals surface area contributed by atoms with E-state index in [0.29, 0.717) is 0 Å². The molecular formula is C11H13F2NO3. The highest BCUT2D eigenvalue weighted by molar-refractivity contribution is 5.78. The lowest BCUT2D eigenvalue weighted by Crippen LogP contribution is -2.47. The van der Waals surface area contributed by atoms with Crippen LogP contribution in [0.2, 0.25) is 0 Å². The molecule has 1 aromatic carbocycles. The van der Waals surface area contributed by atoms with E-state index >= 15 is 0 Å². The predicted octanol–water partition coefficient (Wildman–Crippen LogP) is 1.35. The molecule has 6 heteroatoms. The lowest BCUT2D eigenvalue weighted by atomic mass is 9.91. The summed E-state index contributed by atoms with van der Waals surface area (Å²) in [5, 5.41) is 17.9. The quantitative estimate of drug-likeness (QED) is 0.747. The van der Waals surface area contributed by atoms with E-state index in [1.54, 1.807) is 0 Å². The number of phenolic OH excluding ortho intramolecular Hbond substituents is 1. The van der Waals surface area contributed by atoms with Crippen LogP contribution in [0.5, 0.6) is 5.75 Å². The van der Waals surface area contributed by atoms with Crippen LogP contribution < -0.4 is 5.73 Å². The van der Waals surface area contributed by atoms with Gasteiger partial charge in [-0.3, -0.25) is 4.79 Å². The number of carboxylic acids is 1. The van der Waals surface area contributed by atoms with E-state index < -0.39 is 29.7 Å². The highest BCUT2D eigenvalue weighted by Gasteiger charge is 2.30. The monoisotopic (exact) mass is 245 g/mol. The van der Waals surface area contributed by atoms with Crippen LogP contribution in [-0.4, -0.2) is 21.7 Å². The van der Waals surface area contributed by atoms with Gasteiger partial charge in [0.25, 0.3) is 0 Å². The van der Waals surface area contributed by atoms with Gasteiger partial charge in [-0.25, -0.2) is 8.78 Å². The summed E-state index contributed by atoms with van der Waals surface area (Å²) in [7, 11) is 0. The second-order valence-electron chi connectivity index (χ2n) is 4.07. The molecule has 0 amide bonds. The molecule has 0 unspecified atom stereocenters. The van der Waals surface area contributed by atoms with Crippen LogP contribution in [0.4, 0.5) is 8.78 Å². The van der Waals surface area contributed by atoms with Gasteiger partial charge in [0.1, 0.15) is 12.2 Å². The fraction of sp³-hybridized carbons (Fsp3) is 0.364. The molecular weight excluding hydrogens is 232 g/mol. The van der Waals surface area contributed by atoms with Crippen molar-refractivity contribution in [3.63, 3.8) is 0 Å². The molecule has 1 atom stereocenters. The van der Waals surface area contributed by atoms with Gasteiger partial charge >= 0.3 is 5.97 Å².